The maximum atomic E-state index is 14.1. The Hall–Kier alpha value is -1.51. The zero-order valence-corrected chi connectivity index (χ0v) is 14.9. The van der Waals surface area contributed by atoms with Crippen LogP contribution in [0, 0.1) is 5.82 Å². The number of piperidine rings is 1. The molecule has 25 heavy (non-hydrogen) atoms. The Kier molecular flexibility index (Phi) is 5.71. The monoisotopic (exact) mass is 370 g/mol. The Labute approximate surface area is 147 Å². The number of nitrogens with zero attached hydrogens (tertiary/aromatic N) is 1. The van der Waals surface area contributed by atoms with Gasteiger partial charge in [0.1, 0.15) is 5.82 Å². The van der Waals surface area contributed by atoms with Crippen LogP contribution >= 0.6 is 0 Å². The topological polar surface area (TPSA) is 75.7 Å². The molecule has 3 rings (SSSR count). The van der Waals surface area contributed by atoms with E-state index in [0.29, 0.717) is 26.2 Å². The number of sulfonamides is 1. The van der Waals surface area contributed by atoms with E-state index in [2.05, 4.69) is 5.32 Å². The fourth-order valence-corrected chi connectivity index (χ4v) is 4.74. The second-order valence-electron chi connectivity index (χ2n) is 6.45. The van der Waals surface area contributed by atoms with E-state index in [4.69, 9.17) is 4.74 Å². The van der Waals surface area contributed by atoms with E-state index >= 15 is 0 Å². The van der Waals surface area contributed by atoms with Crippen molar-refractivity contribution in [1.82, 2.24) is 9.62 Å². The minimum absolute atomic E-state index is 0.0435. The summed E-state index contributed by atoms with van der Waals surface area (Å²) >= 11 is 0. The Balaban J connectivity index is 1.76. The van der Waals surface area contributed by atoms with Crippen molar-refractivity contribution in [1.29, 1.82) is 0 Å². The lowest BCUT2D eigenvalue weighted by molar-refractivity contribution is 0.0854. The van der Waals surface area contributed by atoms with Crippen molar-refractivity contribution in [2.24, 2.45) is 0 Å². The maximum Gasteiger partial charge on any atom is 0.254 e. The standard InChI is InChI=1S/C17H23FN2O4S/c18-16-7-6-14(25(22,23)20-8-2-1-3-9-20)11-15(16)17(21)19-12-13-5-4-10-24-13/h6-7,11,13H,1-5,8-10,12H2,(H,19,21)/t13-/m1/s1. The number of nitrogens with one attached hydrogen (secondary N) is 1. The number of rotatable bonds is 5. The van der Waals surface area contributed by atoms with Crippen molar-refractivity contribution in [3.63, 3.8) is 0 Å². The molecule has 0 saturated carbocycles. The summed E-state index contributed by atoms with van der Waals surface area (Å²) in [4.78, 5) is 12.2. The van der Waals surface area contributed by atoms with Crippen LogP contribution in [0.15, 0.2) is 23.1 Å². The summed E-state index contributed by atoms with van der Waals surface area (Å²) in [7, 11) is -3.70. The first-order valence-electron chi connectivity index (χ1n) is 8.68. The quantitative estimate of drug-likeness (QED) is 0.859. The van der Waals surface area contributed by atoms with E-state index < -0.39 is 21.7 Å². The number of ether oxygens (including phenoxy) is 1. The molecule has 2 aliphatic heterocycles. The summed E-state index contributed by atoms with van der Waals surface area (Å²) in [6.07, 6.45) is 4.37. The lowest BCUT2D eigenvalue weighted by Crippen LogP contribution is -2.36. The van der Waals surface area contributed by atoms with E-state index in [9.17, 15) is 17.6 Å². The van der Waals surface area contributed by atoms with Crippen molar-refractivity contribution >= 4 is 15.9 Å². The summed E-state index contributed by atoms with van der Waals surface area (Å²) in [5.41, 5.74) is -0.254. The second-order valence-corrected chi connectivity index (χ2v) is 8.39. The predicted molar refractivity (Wildman–Crippen MR) is 90.3 cm³/mol. The van der Waals surface area contributed by atoms with Gasteiger partial charge in [0.2, 0.25) is 10.0 Å². The first-order chi connectivity index (χ1) is 12.0. The molecule has 1 aromatic carbocycles. The molecule has 0 bridgehead atoms. The number of halogens is 1. The Morgan fingerprint density at radius 3 is 2.68 bits per heavy atom. The van der Waals surface area contributed by atoms with Gasteiger partial charge in [0.25, 0.3) is 5.91 Å². The predicted octanol–water partition coefficient (Wildman–Crippen LogP) is 1.91. The highest BCUT2D eigenvalue weighted by molar-refractivity contribution is 7.89. The highest BCUT2D eigenvalue weighted by atomic mass is 32.2. The third-order valence-electron chi connectivity index (χ3n) is 4.65. The second kappa shape index (κ2) is 7.80. The molecule has 6 nitrogen and oxygen atoms in total. The largest absolute Gasteiger partial charge is 0.376 e. The molecule has 0 spiro atoms. The lowest BCUT2D eigenvalue weighted by Gasteiger charge is -2.26. The fourth-order valence-electron chi connectivity index (χ4n) is 3.20. The minimum atomic E-state index is -3.70. The van der Waals surface area contributed by atoms with Gasteiger partial charge >= 0.3 is 0 Å². The molecule has 1 aromatic rings. The van der Waals surface area contributed by atoms with E-state index in [-0.39, 0.29) is 16.6 Å². The van der Waals surface area contributed by atoms with Crippen LogP contribution in [-0.2, 0) is 14.8 Å². The molecule has 8 heteroatoms. The third-order valence-corrected chi connectivity index (χ3v) is 6.54. The molecule has 1 amide bonds. The number of carbonyl (C=O) groups is 1. The molecular formula is C17H23FN2O4S. The zero-order valence-electron chi connectivity index (χ0n) is 14.0. The van der Waals surface area contributed by atoms with Crippen LogP contribution in [0.1, 0.15) is 42.5 Å². The van der Waals surface area contributed by atoms with Crippen LogP contribution in [0.4, 0.5) is 4.39 Å². The highest BCUT2D eigenvalue weighted by Gasteiger charge is 2.27. The molecule has 1 atom stereocenters. The van der Waals surface area contributed by atoms with Gasteiger partial charge in [-0.25, -0.2) is 12.8 Å². The SMILES string of the molecule is O=C(NC[C@H]1CCCO1)c1cc(S(=O)(=O)N2CCCCC2)ccc1F. The average Bonchev–Trinajstić information content (AvgIpc) is 3.14. The molecule has 138 valence electrons. The number of hydrogen-bond acceptors (Lipinski definition) is 4. The van der Waals surface area contributed by atoms with Gasteiger partial charge in [-0.1, -0.05) is 6.42 Å². The van der Waals surface area contributed by atoms with Gasteiger partial charge in [-0.15, -0.1) is 0 Å². The molecule has 0 aromatic heterocycles. The first-order valence-corrected chi connectivity index (χ1v) is 10.1. The molecule has 2 heterocycles. The average molecular weight is 370 g/mol. The number of benzene rings is 1. The first kappa shape index (κ1) is 18.3. The fraction of sp³-hybridized carbons (Fsp3) is 0.588. The summed E-state index contributed by atoms with van der Waals surface area (Å²) in [5.74, 6) is -1.36. The Morgan fingerprint density at radius 2 is 2.00 bits per heavy atom. The molecule has 2 fully saturated rings. The van der Waals surface area contributed by atoms with Gasteiger partial charge in [0.15, 0.2) is 0 Å². The summed E-state index contributed by atoms with van der Waals surface area (Å²) in [6, 6.07) is 3.39. The number of carbonyl (C=O) groups excluding carboxylic acids is 1. The highest BCUT2D eigenvalue weighted by Crippen LogP contribution is 2.22. The van der Waals surface area contributed by atoms with Crippen molar-refractivity contribution in [2.75, 3.05) is 26.2 Å². The van der Waals surface area contributed by atoms with E-state index in [1.807, 2.05) is 0 Å². The van der Waals surface area contributed by atoms with Crippen LogP contribution in [0.3, 0.4) is 0 Å². The van der Waals surface area contributed by atoms with Crippen molar-refractivity contribution < 1.29 is 22.3 Å². The summed E-state index contributed by atoms with van der Waals surface area (Å²) < 4.78 is 46.3. The van der Waals surface area contributed by atoms with Crippen molar-refractivity contribution in [3.05, 3.63) is 29.6 Å². The van der Waals surface area contributed by atoms with Crippen LogP contribution in [0.25, 0.3) is 0 Å². The smallest absolute Gasteiger partial charge is 0.254 e. The van der Waals surface area contributed by atoms with Crippen molar-refractivity contribution in [3.8, 4) is 0 Å². The van der Waals surface area contributed by atoms with Gasteiger partial charge in [-0.2, -0.15) is 4.31 Å². The van der Waals surface area contributed by atoms with E-state index in [1.54, 1.807) is 0 Å². The lowest BCUT2D eigenvalue weighted by atomic mass is 10.2. The van der Waals surface area contributed by atoms with E-state index in [0.717, 1.165) is 44.2 Å². The van der Waals surface area contributed by atoms with Crippen LogP contribution in [0.2, 0.25) is 0 Å². The van der Waals surface area contributed by atoms with Crippen molar-refractivity contribution in [2.45, 2.75) is 43.1 Å². The molecule has 0 aliphatic carbocycles. The van der Waals surface area contributed by atoms with Gasteiger partial charge in [-0.3, -0.25) is 4.79 Å². The van der Waals surface area contributed by atoms with Crippen LogP contribution in [-0.4, -0.2) is 51.0 Å². The molecule has 1 N–H and O–H groups in total. The van der Waals surface area contributed by atoms with E-state index in [1.165, 1.54) is 10.4 Å². The molecule has 2 saturated heterocycles. The van der Waals surface area contributed by atoms with Crippen LogP contribution in [0.5, 0.6) is 0 Å². The maximum absolute atomic E-state index is 14.1. The molecular weight excluding hydrogens is 347 g/mol. The Bertz CT molecular complexity index is 726. The summed E-state index contributed by atoms with van der Waals surface area (Å²) in [6.45, 7) is 1.88. The van der Waals surface area contributed by atoms with Crippen LogP contribution < -0.4 is 5.32 Å². The molecule has 0 radical (unpaired) electrons. The summed E-state index contributed by atoms with van der Waals surface area (Å²) in [5, 5.41) is 2.63. The van der Waals surface area contributed by atoms with Gasteiger partial charge < -0.3 is 10.1 Å². The van der Waals surface area contributed by atoms with Gasteiger partial charge in [0.05, 0.1) is 16.6 Å². The normalized spacial score (nSPS) is 22.0. The number of amides is 1. The minimum Gasteiger partial charge on any atom is -0.376 e. The van der Waals surface area contributed by atoms with Gasteiger partial charge in [0, 0.05) is 26.2 Å². The Morgan fingerprint density at radius 1 is 1.24 bits per heavy atom. The zero-order chi connectivity index (χ0) is 17.9. The third kappa shape index (κ3) is 4.19. The molecule has 2 aliphatic rings. The number of hydrogen-bond donors (Lipinski definition) is 1. The molecule has 0 unspecified atom stereocenters. The van der Waals surface area contributed by atoms with Gasteiger partial charge in [-0.05, 0) is 43.9 Å².